The van der Waals surface area contributed by atoms with Crippen LogP contribution < -0.4 is 10.0 Å². The van der Waals surface area contributed by atoms with Crippen molar-refractivity contribution in [3.8, 4) is 0 Å². The van der Waals surface area contributed by atoms with Crippen LogP contribution in [0.2, 0.25) is 10.0 Å². The summed E-state index contributed by atoms with van der Waals surface area (Å²) in [4.78, 5) is 47.3. The van der Waals surface area contributed by atoms with Crippen molar-refractivity contribution in [2.75, 3.05) is 26.3 Å². The van der Waals surface area contributed by atoms with Crippen molar-refractivity contribution in [1.82, 2.24) is 24.8 Å². The van der Waals surface area contributed by atoms with Gasteiger partial charge in [0, 0.05) is 56.2 Å². The topological polar surface area (TPSA) is 167 Å². The molecule has 50 heavy (non-hydrogen) atoms. The van der Waals surface area contributed by atoms with Gasteiger partial charge in [-0.25, -0.2) is 17.9 Å². The number of carbonyl (C=O) groups is 3. The lowest BCUT2D eigenvalue weighted by atomic mass is 10.0. The fourth-order valence-electron chi connectivity index (χ4n) is 5.06. The van der Waals surface area contributed by atoms with E-state index < -0.39 is 52.8 Å². The summed E-state index contributed by atoms with van der Waals surface area (Å²) in [5.74, 6) is -1.39. The molecular formula is C34H43Cl2N5O8S. The number of ether oxygens (including phenoxy) is 2. The monoisotopic (exact) mass is 751 g/mol. The van der Waals surface area contributed by atoms with Gasteiger partial charge in [-0.15, -0.1) is 0 Å². The molecule has 1 aromatic heterocycles. The third-order valence-electron chi connectivity index (χ3n) is 7.53. The standard InChI is InChI=1S/C34H43Cl2N5O8S/c1-5-48-31(49-6-2)22-40(23(3)4)33(43)28(18-24-14-16-37-17-15-24)39-32(42)29(41(34(44)45)21-25-10-8-7-9-11-25)20-38-50(46,47)30-13-12-26(35)19-27(30)36/h7-17,19,23,28-29,31,38H,5-6,18,20-22H2,1-4H3,(H,39,42)(H,44,45). The van der Waals surface area contributed by atoms with Crippen LogP contribution >= 0.6 is 23.2 Å². The highest BCUT2D eigenvalue weighted by molar-refractivity contribution is 7.89. The Morgan fingerprint density at radius 1 is 0.920 bits per heavy atom. The molecule has 1 heterocycles. The van der Waals surface area contributed by atoms with Crippen LogP contribution in [0.5, 0.6) is 0 Å². The largest absolute Gasteiger partial charge is 0.465 e. The van der Waals surface area contributed by atoms with Crippen LogP contribution in [0.4, 0.5) is 4.79 Å². The van der Waals surface area contributed by atoms with Crippen LogP contribution in [0.15, 0.2) is 78.0 Å². The van der Waals surface area contributed by atoms with E-state index in [-0.39, 0.29) is 40.5 Å². The molecule has 16 heteroatoms. The molecule has 3 rings (SSSR count). The van der Waals surface area contributed by atoms with Gasteiger partial charge in [-0.2, -0.15) is 0 Å². The number of carboxylic acid groups (broad SMARTS) is 1. The van der Waals surface area contributed by atoms with Gasteiger partial charge in [0.15, 0.2) is 6.29 Å². The number of aromatic nitrogens is 1. The second-order valence-electron chi connectivity index (χ2n) is 11.4. The molecule has 272 valence electrons. The molecule has 0 aliphatic rings. The molecule has 0 spiro atoms. The lowest BCUT2D eigenvalue weighted by Gasteiger charge is -2.35. The predicted octanol–water partition coefficient (Wildman–Crippen LogP) is 4.58. The second-order valence-corrected chi connectivity index (χ2v) is 14.0. The van der Waals surface area contributed by atoms with E-state index in [2.05, 4.69) is 15.0 Å². The predicted molar refractivity (Wildman–Crippen MR) is 189 cm³/mol. The molecule has 3 amide bonds. The minimum Gasteiger partial charge on any atom is -0.465 e. The number of benzene rings is 2. The average Bonchev–Trinajstić information content (AvgIpc) is 3.06. The average molecular weight is 753 g/mol. The van der Waals surface area contributed by atoms with Crippen molar-refractivity contribution in [2.45, 2.75) is 70.0 Å². The molecule has 3 N–H and O–H groups in total. The van der Waals surface area contributed by atoms with E-state index in [9.17, 15) is 27.9 Å². The summed E-state index contributed by atoms with van der Waals surface area (Å²) in [6.45, 7) is 7.02. The van der Waals surface area contributed by atoms with Crippen molar-refractivity contribution in [2.24, 2.45) is 0 Å². The van der Waals surface area contributed by atoms with Crippen molar-refractivity contribution < 1.29 is 37.4 Å². The maximum absolute atomic E-state index is 14.3. The van der Waals surface area contributed by atoms with E-state index in [0.717, 1.165) is 4.90 Å². The quantitative estimate of drug-likeness (QED) is 0.149. The van der Waals surface area contributed by atoms with Gasteiger partial charge in [0.1, 0.15) is 17.0 Å². The Morgan fingerprint density at radius 2 is 1.56 bits per heavy atom. The Hall–Kier alpha value is -3.79. The molecule has 0 saturated carbocycles. The fraction of sp³-hybridized carbons (Fsp3) is 0.412. The van der Waals surface area contributed by atoms with Crippen molar-refractivity contribution in [1.29, 1.82) is 0 Å². The van der Waals surface area contributed by atoms with E-state index in [1.807, 2.05) is 13.8 Å². The van der Waals surface area contributed by atoms with E-state index in [1.54, 1.807) is 68.7 Å². The number of amides is 3. The van der Waals surface area contributed by atoms with Crippen LogP contribution in [0.3, 0.4) is 0 Å². The van der Waals surface area contributed by atoms with Gasteiger partial charge >= 0.3 is 6.09 Å². The number of halogens is 2. The Kier molecular flexibility index (Phi) is 15.9. The first kappa shape index (κ1) is 40.6. The molecular weight excluding hydrogens is 709 g/mol. The highest BCUT2D eigenvalue weighted by Gasteiger charge is 2.36. The highest BCUT2D eigenvalue weighted by atomic mass is 35.5. The summed E-state index contributed by atoms with van der Waals surface area (Å²) in [6.07, 6.45) is 0.892. The smallest absolute Gasteiger partial charge is 0.408 e. The number of nitrogens with one attached hydrogen (secondary N) is 2. The molecule has 0 bridgehead atoms. The van der Waals surface area contributed by atoms with E-state index in [4.69, 9.17) is 32.7 Å². The minimum absolute atomic E-state index is 0.0227. The van der Waals surface area contributed by atoms with Crippen molar-refractivity contribution in [3.05, 3.63) is 94.2 Å². The molecule has 0 aliphatic carbocycles. The molecule has 2 unspecified atom stereocenters. The number of nitrogens with zero attached hydrogens (tertiary/aromatic N) is 3. The summed E-state index contributed by atoms with van der Waals surface area (Å²) in [5, 5.41) is 13.1. The molecule has 0 fully saturated rings. The van der Waals surface area contributed by atoms with Crippen LogP contribution in [-0.4, -0.2) is 96.9 Å². The van der Waals surface area contributed by atoms with Gasteiger partial charge < -0.3 is 24.8 Å². The first-order chi connectivity index (χ1) is 23.8. The van der Waals surface area contributed by atoms with Crippen molar-refractivity contribution >= 4 is 51.1 Å². The maximum atomic E-state index is 14.3. The Balaban J connectivity index is 2.02. The Bertz CT molecular complexity index is 1660. The van der Waals surface area contributed by atoms with Gasteiger partial charge in [0.05, 0.1) is 11.6 Å². The number of pyridine rings is 1. The van der Waals surface area contributed by atoms with Crippen molar-refractivity contribution in [3.63, 3.8) is 0 Å². The zero-order valence-electron chi connectivity index (χ0n) is 28.3. The number of rotatable bonds is 19. The molecule has 2 aromatic carbocycles. The molecule has 0 aliphatic heterocycles. The highest BCUT2D eigenvalue weighted by Crippen LogP contribution is 2.25. The molecule has 3 aromatic rings. The summed E-state index contributed by atoms with van der Waals surface area (Å²) in [7, 11) is -4.36. The third kappa shape index (κ3) is 11.9. The molecule has 0 radical (unpaired) electrons. The van der Waals surface area contributed by atoms with E-state index in [1.165, 1.54) is 23.1 Å². The zero-order chi connectivity index (χ0) is 36.8. The van der Waals surface area contributed by atoms with E-state index in [0.29, 0.717) is 24.3 Å². The first-order valence-electron chi connectivity index (χ1n) is 16.0. The lowest BCUT2D eigenvalue weighted by Crippen LogP contribution is -2.59. The Labute approximate surface area is 302 Å². The second kappa shape index (κ2) is 19.6. The number of sulfonamides is 1. The molecule has 13 nitrogen and oxygen atoms in total. The SMILES string of the molecule is CCOC(CN(C(=O)C(Cc1ccncc1)NC(=O)C(CNS(=O)(=O)c1ccc(Cl)cc1Cl)N(Cc1ccccc1)C(=O)O)C(C)C)OCC. The Morgan fingerprint density at radius 3 is 2.12 bits per heavy atom. The molecule has 2 atom stereocenters. The molecule has 0 saturated heterocycles. The fourth-order valence-corrected chi connectivity index (χ4v) is 6.87. The van der Waals surface area contributed by atoms with Gasteiger partial charge in [-0.3, -0.25) is 19.5 Å². The number of carbonyl (C=O) groups excluding carboxylic acids is 2. The first-order valence-corrected chi connectivity index (χ1v) is 18.2. The number of hydrogen-bond donors (Lipinski definition) is 3. The summed E-state index contributed by atoms with van der Waals surface area (Å²) in [6, 6.07) is 12.5. The van der Waals surface area contributed by atoms with Crippen LogP contribution in [0, 0.1) is 0 Å². The maximum Gasteiger partial charge on any atom is 0.408 e. The van der Waals surface area contributed by atoms with E-state index >= 15 is 0 Å². The zero-order valence-corrected chi connectivity index (χ0v) is 30.6. The van der Waals surface area contributed by atoms with Gasteiger partial charge in [0.25, 0.3) is 0 Å². The van der Waals surface area contributed by atoms with Crippen LogP contribution in [0.25, 0.3) is 0 Å². The van der Waals surface area contributed by atoms with Crippen LogP contribution in [0.1, 0.15) is 38.8 Å². The minimum atomic E-state index is -4.36. The third-order valence-corrected chi connectivity index (χ3v) is 9.67. The summed E-state index contributed by atoms with van der Waals surface area (Å²) in [5.41, 5.74) is 1.21. The number of hydrogen-bond acceptors (Lipinski definition) is 8. The normalized spacial score (nSPS) is 12.8. The van der Waals surface area contributed by atoms with Gasteiger partial charge in [-0.05, 0) is 69.2 Å². The summed E-state index contributed by atoms with van der Waals surface area (Å²) < 4.78 is 40.4. The van der Waals surface area contributed by atoms with Gasteiger partial charge in [0.2, 0.25) is 21.8 Å². The summed E-state index contributed by atoms with van der Waals surface area (Å²) >= 11 is 12.1. The lowest BCUT2D eigenvalue weighted by molar-refractivity contribution is -0.163. The van der Waals surface area contributed by atoms with Crippen LogP contribution in [-0.2, 0) is 42.1 Å². The van der Waals surface area contributed by atoms with Gasteiger partial charge in [-0.1, -0.05) is 53.5 Å².